The Balaban J connectivity index is 1.63. The number of carbonyl (C=O) groups is 2. The van der Waals surface area contributed by atoms with E-state index in [1.54, 1.807) is 6.26 Å². The summed E-state index contributed by atoms with van der Waals surface area (Å²) in [6, 6.07) is 5.08. The number of hydrogen-bond acceptors (Lipinski definition) is 8. The lowest BCUT2D eigenvalue weighted by molar-refractivity contribution is -0.121. The van der Waals surface area contributed by atoms with Gasteiger partial charge >= 0.3 is 6.61 Å². The van der Waals surface area contributed by atoms with Crippen molar-refractivity contribution in [1.29, 1.82) is 0 Å². The third-order valence-corrected chi connectivity index (χ3v) is 6.10. The lowest BCUT2D eigenvalue weighted by atomic mass is 10.1. The first-order valence-electron chi connectivity index (χ1n) is 11.7. The van der Waals surface area contributed by atoms with Gasteiger partial charge in [-0.1, -0.05) is 18.0 Å². The van der Waals surface area contributed by atoms with Crippen LogP contribution in [0.25, 0.3) is 11.5 Å². The fourth-order valence-electron chi connectivity index (χ4n) is 3.61. The SMILES string of the molecule is CSNC(=O)C(NC(=O)c1nc(-c2ccc(OC(F)F)c(OCC3CC3)c2)oc1CN)c1ccc(F)cc1F. The largest absolute Gasteiger partial charge is 0.489 e. The quantitative estimate of drug-likeness (QED) is 0.218. The van der Waals surface area contributed by atoms with E-state index in [0.29, 0.717) is 18.6 Å². The minimum absolute atomic E-state index is 0.0405. The van der Waals surface area contributed by atoms with E-state index in [4.69, 9.17) is 14.9 Å². The Morgan fingerprint density at radius 2 is 1.95 bits per heavy atom. The highest BCUT2D eigenvalue weighted by Crippen LogP contribution is 2.36. The molecule has 3 aromatic rings. The summed E-state index contributed by atoms with van der Waals surface area (Å²) in [6.07, 6.45) is 3.50. The number of alkyl halides is 2. The van der Waals surface area contributed by atoms with Gasteiger partial charge in [0.1, 0.15) is 17.7 Å². The van der Waals surface area contributed by atoms with Crippen molar-refractivity contribution in [2.75, 3.05) is 12.9 Å². The van der Waals surface area contributed by atoms with Gasteiger partial charge in [0.2, 0.25) is 5.89 Å². The number of amides is 2. The number of oxazole rings is 1. The number of benzene rings is 2. The molecule has 9 nitrogen and oxygen atoms in total. The third-order valence-electron chi connectivity index (χ3n) is 5.69. The average Bonchev–Trinajstić information content (AvgIpc) is 3.62. The topological polar surface area (TPSA) is 129 Å². The van der Waals surface area contributed by atoms with Gasteiger partial charge in [-0.05, 0) is 43.0 Å². The summed E-state index contributed by atoms with van der Waals surface area (Å²) < 4.78 is 71.9. The predicted octanol–water partition coefficient (Wildman–Crippen LogP) is 4.33. The zero-order valence-electron chi connectivity index (χ0n) is 20.5. The van der Waals surface area contributed by atoms with E-state index in [1.165, 1.54) is 18.2 Å². The molecule has 0 saturated heterocycles. The van der Waals surface area contributed by atoms with Gasteiger partial charge < -0.3 is 24.9 Å². The summed E-state index contributed by atoms with van der Waals surface area (Å²) in [7, 11) is 0. The van der Waals surface area contributed by atoms with Crippen LogP contribution < -0.4 is 25.2 Å². The van der Waals surface area contributed by atoms with Gasteiger partial charge in [-0.15, -0.1) is 0 Å². The van der Waals surface area contributed by atoms with Crippen LogP contribution in [0, 0.1) is 17.6 Å². The molecule has 2 amide bonds. The van der Waals surface area contributed by atoms with E-state index in [2.05, 4.69) is 19.8 Å². The molecule has 4 rings (SSSR count). The Morgan fingerprint density at radius 1 is 1.18 bits per heavy atom. The summed E-state index contributed by atoms with van der Waals surface area (Å²) in [5, 5.41) is 2.38. The van der Waals surface area contributed by atoms with Gasteiger partial charge in [-0.2, -0.15) is 8.78 Å². The van der Waals surface area contributed by atoms with Crippen LogP contribution in [-0.4, -0.2) is 36.3 Å². The summed E-state index contributed by atoms with van der Waals surface area (Å²) in [4.78, 5) is 30.0. The van der Waals surface area contributed by atoms with Crippen LogP contribution in [0.4, 0.5) is 17.6 Å². The smallest absolute Gasteiger partial charge is 0.387 e. The lowest BCUT2D eigenvalue weighted by Crippen LogP contribution is -2.39. The minimum Gasteiger partial charge on any atom is -0.489 e. The Morgan fingerprint density at radius 3 is 2.59 bits per heavy atom. The maximum absolute atomic E-state index is 14.5. The van der Waals surface area contributed by atoms with Crippen molar-refractivity contribution in [2.45, 2.75) is 32.0 Å². The third kappa shape index (κ3) is 7.00. The molecule has 2 aromatic carbocycles. The van der Waals surface area contributed by atoms with Crippen LogP contribution in [0.5, 0.6) is 11.5 Å². The van der Waals surface area contributed by atoms with Crippen LogP contribution >= 0.6 is 11.9 Å². The summed E-state index contributed by atoms with van der Waals surface area (Å²) in [6.45, 7) is -3.02. The van der Waals surface area contributed by atoms with Crippen molar-refractivity contribution < 1.29 is 41.0 Å². The molecule has 1 unspecified atom stereocenters. The van der Waals surface area contributed by atoms with Gasteiger partial charge in [-0.3, -0.25) is 14.3 Å². The summed E-state index contributed by atoms with van der Waals surface area (Å²) >= 11 is 0.919. The molecule has 1 aliphatic rings. The summed E-state index contributed by atoms with van der Waals surface area (Å²) in [5.41, 5.74) is 5.45. The molecule has 0 spiro atoms. The lowest BCUT2D eigenvalue weighted by Gasteiger charge is -2.18. The Kier molecular flexibility index (Phi) is 8.97. The normalized spacial score (nSPS) is 13.7. The fraction of sp³-hybridized carbons (Fsp3) is 0.320. The first-order valence-corrected chi connectivity index (χ1v) is 12.9. The Labute approximate surface area is 224 Å². The van der Waals surface area contributed by atoms with Gasteiger partial charge in [0, 0.05) is 23.4 Å². The number of nitrogens with zero attached hydrogens (tertiary/aromatic N) is 1. The van der Waals surface area contributed by atoms with Gasteiger partial charge in [0.05, 0.1) is 13.2 Å². The van der Waals surface area contributed by atoms with Crippen molar-refractivity contribution in [3.8, 4) is 23.0 Å². The number of hydrogen-bond donors (Lipinski definition) is 3. The Hall–Kier alpha value is -3.78. The highest BCUT2D eigenvalue weighted by Gasteiger charge is 2.30. The number of nitrogens with two attached hydrogens (primary N) is 1. The van der Waals surface area contributed by atoms with Gasteiger partial charge in [0.25, 0.3) is 11.8 Å². The maximum atomic E-state index is 14.5. The number of rotatable bonds is 12. The molecule has 0 radical (unpaired) electrons. The van der Waals surface area contributed by atoms with E-state index >= 15 is 0 Å². The number of carbonyl (C=O) groups excluding carboxylic acids is 2. The molecule has 1 heterocycles. The minimum atomic E-state index is -3.07. The van der Waals surface area contributed by atoms with Crippen molar-refractivity contribution in [2.24, 2.45) is 11.7 Å². The van der Waals surface area contributed by atoms with Crippen LogP contribution in [0.2, 0.25) is 0 Å². The second-order valence-electron chi connectivity index (χ2n) is 8.53. The molecular formula is C25H24F4N4O5S. The van der Waals surface area contributed by atoms with Crippen molar-refractivity contribution in [1.82, 2.24) is 15.0 Å². The maximum Gasteiger partial charge on any atom is 0.387 e. The molecule has 1 aliphatic carbocycles. The standard InChI is InChI=1S/C25H24F4N4O5S/c1-39-33-23(35)20(15-6-5-14(26)9-16(15)27)31-22(34)21-19(10-30)37-24(32-21)13-4-7-17(38-25(28)29)18(8-13)36-11-12-2-3-12/h4-9,12,20,25H,2-3,10-11,30H2,1H3,(H,31,34)(H,33,35). The van der Waals surface area contributed by atoms with Crippen LogP contribution in [0.1, 0.15) is 40.7 Å². The Bertz CT molecular complexity index is 1350. The molecule has 14 heteroatoms. The van der Waals surface area contributed by atoms with E-state index in [9.17, 15) is 27.2 Å². The van der Waals surface area contributed by atoms with Crippen molar-refractivity contribution in [3.63, 3.8) is 0 Å². The number of nitrogens with one attached hydrogen (secondary N) is 2. The monoisotopic (exact) mass is 568 g/mol. The summed E-state index contributed by atoms with van der Waals surface area (Å²) in [5.74, 6) is -3.54. The second-order valence-corrected chi connectivity index (χ2v) is 9.14. The molecule has 1 saturated carbocycles. The molecular weight excluding hydrogens is 544 g/mol. The van der Waals surface area contributed by atoms with Crippen molar-refractivity contribution in [3.05, 3.63) is 65.1 Å². The van der Waals surface area contributed by atoms with E-state index < -0.39 is 36.1 Å². The van der Waals surface area contributed by atoms with Crippen LogP contribution in [0.15, 0.2) is 40.8 Å². The van der Waals surface area contributed by atoms with Gasteiger partial charge in [-0.25, -0.2) is 13.8 Å². The van der Waals surface area contributed by atoms with E-state index in [-0.39, 0.29) is 46.5 Å². The molecule has 4 N–H and O–H groups in total. The highest BCUT2D eigenvalue weighted by atomic mass is 32.2. The van der Waals surface area contributed by atoms with E-state index in [0.717, 1.165) is 36.9 Å². The van der Waals surface area contributed by atoms with Crippen LogP contribution in [0.3, 0.4) is 0 Å². The van der Waals surface area contributed by atoms with Gasteiger partial charge in [0.15, 0.2) is 23.0 Å². The first kappa shape index (κ1) is 28.2. The molecule has 1 atom stereocenters. The van der Waals surface area contributed by atoms with Crippen LogP contribution in [-0.2, 0) is 11.3 Å². The molecule has 0 aliphatic heterocycles. The number of halogens is 4. The number of ether oxygens (including phenoxy) is 2. The molecule has 0 bridgehead atoms. The zero-order chi connectivity index (χ0) is 28.1. The fourth-order valence-corrected chi connectivity index (χ4v) is 3.93. The molecule has 1 fully saturated rings. The average molecular weight is 569 g/mol. The first-order chi connectivity index (χ1) is 18.7. The highest BCUT2D eigenvalue weighted by molar-refractivity contribution is 7.97. The molecule has 39 heavy (non-hydrogen) atoms. The zero-order valence-corrected chi connectivity index (χ0v) is 21.3. The van der Waals surface area contributed by atoms with E-state index in [1.807, 2.05) is 0 Å². The second kappa shape index (κ2) is 12.4. The molecule has 208 valence electrons. The number of aromatic nitrogens is 1. The predicted molar refractivity (Wildman–Crippen MR) is 133 cm³/mol. The molecule has 1 aromatic heterocycles. The van der Waals surface area contributed by atoms with Crippen molar-refractivity contribution >= 4 is 23.8 Å².